The lowest BCUT2D eigenvalue weighted by molar-refractivity contribution is -0.134. The SMILES string of the molecule is CC(C)CN(c1ccncc1)n1ccc2ccccc21.O=C(O)C=CC(=O)O. The molecule has 2 N–H and O–H groups in total. The van der Waals surface area contributed by atoms with Crippen LogP contribution in [0, 0.1) is 5.92 Å². The molecule has 0 bridgehead atoms. The van der Waals surface area contributed by atoms with Gasteiger partial charge in [0.1, 0.15) is 0 Å². The van der Waals surface area contributed by atoms with Crippen LogP contribution in [0.5, 0.6) is 0 Å². The van der Waals surface area contributed by atoms with Crippen LogP contribution in [0.2, 0.25) is 0 Å². The maximum absolute atomic E-state index is 9.55. The molecule has 0 aliphatic carbocycles. The molecule has 2 aromatic heterocycles. The average Bonchev–Trinajstić information content (AvgIpc) is 3.09. The summed E-state index contributed by atoms with van der Waals surface area (Å²) in [6, 6.07) is 14.7. The minimum Gasteiger partial charge on any atom is -0.478 e. The number of fused-ring (bicyclic) bond motifs is 1. The molecule has 0 radical (unpaired) electrons. The lowest BCUT2D eigenvalue weighted by atomic mass is 10.2. The molecular formula is C21H23N3O4. The third-order valence-electron chi connectivity index (χ3n) is 3.71. The van der Waals surface area contributed by atoms with E-state index in [2.05, 4.69) is 77.2 Å². The van der Waals surface area contributed by atoms with Crippen molar-refractivity contribution < 1.29 is 19.8 Å². The minimum absolute atomic E-state index is 0.558. The van der Waals surface area contributed by atoms with Crippen molar-refractivity contribution in [2.75, 3.05) is 11.6 Å². The Hall–Kier alpha value is -3.61. The molecule has 7 nitrogen and oxygen atoms in total. The first-order valence-corrected chi connectivity index (χ1v) is 8.76. The van der Waals surface area contributed by atoms with Gasteiger partial charge in [-0.25, -0.2) is 9.59 Å². The van der Waals surface area contributed by atoms with Gasteiger partial charge in [-0.1, -0.05) is 32.0 Å². The van der Waals surface area contributed by atoms with Gasteiger partial charge in [0, 0.05) is 42.7 Å². The molecule has 0 fully saturated rings. The normalized spacial score (nSPS) is 10.7. The van der Waals surface area contributed by atoms with Crippen LogP contribution in [0.25, 0.3) is 10.9 Å². The van der Waals surface area contributed by atoms with Crippen LogP contribution in [0.3, 0.4) is 0 Å². The van der Waals surface area contributed by atoms with Gasteiger partial charge >= 0.3 is 11.9 Å². The molecule has 1 aromatic carbocycles. The average molecular weight is 381 g/mol. The van der Waals surface area contributed by atoms with Gasteiger partial charge in [0.25, 0.3) is 0 Å². The second-order valence-corrected chi connectivity index (χ2v) is 6.41. The van der Waals surface area contributed by atoms with Crippen molar-refractivity contribution >= 4 is 28.5 Å². The number of para-hydroxylation sites is 1. The first-order chi connectivity index (χ1) is 13.4. The van der Waals surface area contributed by atoms with Crippen molar-refractivity contribution in [2.45, 2.75) is 13.8 Å². The van der Waals surface area contributed by atoms with Crippen LogP contribution in [-0.4, -0.2) is 38.4 Å². The molecule has 0 saturated heterocycles. The fraction of sp³-hybridized carbons (Fsp3) is 0.190. The largest absolute Gasteiger partial charge is 0.478 e. The first-order valence-electron chi connectivity index (χ1n) is 8.76. The van der Waals surface area contributed by atoms with Crippen molar-refractivity contribution in [3.05, 3.63) is 73.2 Å². The van der Waals surface area contributed by atoms with Gasteiger partial charge in [-0.05, 0) is 30.2 Å². The summed E-state index contributed by atoms with van der Waals surface area (Å²) < 4.78 is 2.23. The maximum Gasteiger partial charge on any atom is 0.328 e. The van der Waals surface area contributed by atoms with E-state index in [0.717, 1.165) is 12.2 Å². The van der Waals surface area contributed by atoms with Gasteiger partial charge in [-0.3, -0.25) is 14.7 Å². The summed E-state index contributed by atoms with van der Waals surface area (Å²) in [6.45, 7) is 5.43. The third kappa shape index (κ3) is 5.98. The van der Waals surface area contributed by atoms with Gasteiger partial charge in [0.15, 0.2) is 0 Å². The fourth-order valence-corrected chi connectivity index (χ4v) is 2.60. The smallest absolute Gasteiger partial charge is 0.328 e. The number of pyridine rings is 1. The summed E-state index contributed by atoms with van der Waals surface area (Å²) in [5.41, 5.74) is 2.39. The van der Waals surface area contributed by atoms with E-state index in [1.807, 2.05) is 12.4 Å². The summed E-state index contributed by atoms with van der Waals surface area (Å²) >= 11 is 0. The Morgan fingerprint density at radius 1 is 1.04 bits per heavy atom. The Kier molecular flexibility index (Phi) is 7.33. The number of carboxylic acid groups (broad SMARTS) is 2. The number of hydrogen-bond donors (Lipinski definition) is 2. The van der Waals surface area contributed by atoms with Crippen molar-refractivity contribution in [1.29, 1.82) is 0 Å². The highest BCUT2D eigenvalue weighted by atomic mass is 16.4. The van der Waals surface area contributed by atoms with Crippen molar-refractivity contribution in [2.24, 2.45) is 5.92 Å². The molecule has 0 aliphatic heterocycles. The Balaban J connectivity index is 0.000000300. The monoisotopic (exact) mass is 381 g/mol. The Labute approximate surface area is 163 Å². The molecule has 0 unspecified atom stereocenters. The maximum atomic E-state index is 9.55. The molecular weight excluding hydrogens is 358 g/mol. The topological polar surface area (TPSA) is 95.7 Å². The molecule has 0 spiro atoms. The zero-order valence-electron chi connectivity index (χ0n) is 15.8. The van der Waals surface area contributed by atoms with E-state index >= 15 is 0 Å². The number of nitrogens with zero attached hydrogens (tertiary/aromatic N) is 3. The van der Waals surface area contributed by atoms with Crippen LogP contribution in [0.4, 0.5) is 5.69 Å². The van der Waals surface area contributed by atoms with Gasteiger partial charge in [0.05, 0.1) is 11.2 Å². The van der Waals surface area contributed by atoms with Crippen molar-refractivity contribution in [1.82, 2.24) is 9.66 Å². The summed E-state index contributed by atoms with van der Waals surface area (Å²) in [5, 5.41) is 19.2. The number of rotatable bonds is 6. The Morgan fingerprint density at radius 2 is 1.64 bits per heavy atom. The number of aromatic nitrogens is 2. The van der Waals surface area contributed by atoms with E-state index < -0.39 is 11.9 Å². The first kappa shape index (κ1) is 20.7. The van der Waals surface area contributed by atoms with Gasteiger partial charge in [-0.2, -0.15) is 0 Å². The summed E-state index contributed by atoms with van der Waals surface area (Å²) in [6.07, 6.45) is 6.93. The molecule has 7 heteroatoms. The van der Waals surface area contributed by atoms with E-state index in [-0.39, 0.29) is 0 Å². The molecule has 146 valence electrons. The molecule has 28 heavy (non-hydrogen) atoms. The van der Waals surface area contributed by atoms with Crippen LogP contribution < -0.4 is 5.01 Å². The number of aliphatic carboxylic acids is 2. The van der Waals surface area contributed by atoms with E-state index in [1.54, 1.807) is 0 Å². The summed E-state index contributed by atoms with van der Waals surface area (Å²) in [5.74, 6) is -1.94. The highest BCUT2D eigenvalue weighted by molar-refractivity contribution is 5.89. The molecule has 0 aliphatic rings. The Morgan fingerprint density at radius 3 is 2.21 bits per heavy atom. The third-order valence-corrected chi connectivity index (χ3v) is 3.71. The Bertz CT molecular complexity index is 932. The molecule has 0 atom stereocenters. The number of carbonyl (C=O) groups is 2. The molecule has 3 rings (SSSR count). The molecule has 3 aromatic rings. The fourth-order valence-electron chi connectivity index (χ4n) is 2.60. The summed E-state index contributed by atoms with van der Waals surface area (Å²) in [7, 11) is 0. The van der Waals surface area contributed by atoms with Gasteiger partial charge in [-0.15, -0.1) is 0 Å². The van der Waals surface area contributed by atoms with E-state index in [9.17, 15) is 9.59 Å². The van der Waals surface area contributed by atoms with Crippen LogP contribution in [-0.2, 0) is 9.59 Å². The highest BCUT2D eigenvalue weighted by Gasteiger charge is 2.12. The van der Waals surface area contributed by atoms with Crippen LogP contribution in [0.15, 0.2) is 73.2 Å². The zero-order valence-corrected chi connectivity index (χ0v) is 15.8. The van der Waals surface area contributed by atoms with Crippen LogP contribution in [0.1, 0.15) is 13.8 Å². The standard InChI is InChI=1S/C17H19N3.C4H4O4/c1-14(2)13-20(16-7-10-18-11-8-16)19-12-9-15-5-3-4-6-17(15)19;5-3(6)1-2-4(7)8/h3-12,14H,13H2,1-2H3;1-2H,(H,5,6)(H,7,8). The van der Waals surface area contributed by atoms with Crippen LogP contribution >= 0.6 is 0 Å². The van der Waals surface area contributed by atoms with Crippen molar-refractivity contribution in [3.63, 3.8) is 0 Å². The predicted octanol–water partition coefficient (Wildman–Crippen LogP) is 3.67. The summed E-state index contributed by atoms with van der Waals surface area (Å²) in [4.78, 5) is 23.2. The highest BCUT2D eigenvalue weighted by Crippen LogP contribution is 2.22. The van der Waals surface area contributed by atoms with Crippen molar-refractivity contribution in [3.8, 4) is 0 Å². The predicted molar refractivity (Wildman–Crippen MR) is 108 cm³/mol. The van der Waals surface area contributed by atoms with E-state index in [0.29, 0.717) is 18.1 Å². The molecule has 2 heterocycles. The quantitative estimate of drug-likeness (QED) is 0.633. The lowest BCUT2D eigenvalue weighted by Crippen LogP contribution is -2.32. The second kappa shape index (κ2) is 9.91. The molecule has 0 amide bonds. The van der Waals surface area contributed by atoms with Gasteiger partial charge in [0.2, 0.25) is 0 Å². The minimum atomic E-state index is -1.26. The molecule has 0 saturated carbocycles. The van der Waals surface area contributed by atoms with E-state index in [4.69, 9.17) is 10.2 Å². The van der Waals surface area contributed by atoms with E-state index in [1.165, 1.54) is 10.9 Å². The number of anilines is 1. The van der Waals surface area contributed by atoms with Gasteiger partial charge < -0.3 is 10.2 Å². The zero-order chi connectivity index (χ0) is 20.5. The second-order valence-electron chi connectivity index (χ2n) is 6.41. The number of benzene rings is 1. The lowest BCUT2D eigenvalue weighted by Gasteiger charge is -2.28. The number of carboxylic acids is 2. The number of hydrogen-bond acceptors (Lipinski definition) is 4.